The van der Waals surface area contributed by atoms with Crippen LogP contribution in [0.5, 0.6) is 5.75 Å². The molecule has 2 aromatic carbocycles. The van der Waals surface area contributed by atoms with Crippen LogP contribution in [0.2, 0.25) is 0 Å². The highest BCUT2D eigenvalue weighted by Gasteiger charge is 2.17. The van der Waals surface area contributed by atoms with Crippen LogP contribution in [0.1, 0.15) is 28.4 Å². The van der Waals surface area contributed by atoms with Gasteiger partial charge in [0.25, 0.3) is 5.91 Å². The van der Waals surface area contributed by atoms with Gasteiger partial charge >= 0.3 is 0 Å². The highest BCUT2D eigenvalue weighted by molar-refractivity contribution is 5.95. The van der Waals surface area contributed by atoms with Crippen molar-refractivity contribution in [2.24, 2.45) is 0 Å². The van der Waals surface area contributed by atoms with Crippen LogP contribution in [-0.4, -0.2) is 22.5 Å². The van der Waals surface area contributed by atoms with Crippen molar-refractivity contribution in [2.45, 2.75) is 20.4 Å². The molecular weight excluding hydrogens is 264 g/mol. The van der Waals surface area contributed by atoms with Gasteiger partial charge < -0.3 is 15.7 Å². The van der Waals surface area contributed by atoms with Crippen molar-refractivity contribution in [3.05, 3.63) is 59.2 Å². The monoisotopic (exact) mass is 284 g/mol. The number of aryl methyl sites for hydroxylation is 1. The molecule has 4 nitrogen and oxygen atoms in total. The van der Waals surface area contributed by atoms with E-state index in [1.807, 2.05) is 38.1 Å². The first-order valence-electron chi connectivity index (χ1n) is 6.95. The first-order valence-corrected chi connectivity index (χ1v) is 6.95. The van der Waals surface area contributed by atoms with E-state index < -0.39 is 0 Å². The van der Waals surface area contributed by atoms with Crippen LogP contribution in [0.3, 0.4) is 0 Å². The molecule has 21 heavy (non-hydrogen) atoms. The minimum Gasteiger partial charge on any atom is -0.508 e. The van der Waals surface area contributed by atoms with Crippen LogP contribution >= 0.6 is 0 Å². The Hall–Kier alpha value is -2.49. The number of rotatable bonds is 4. The van der Waals surface area contributed by atoms with Gasteiger partial charge in [-0.1, -0.05) is 18.2 Å². The number of carbonyl (C=O) groups is 1. The lowest BCUT2D eigenvalue weighted by Gasteiger charge is -2.22. The number of benzene rings is 2. The first-order chi connectivity index (χ1) is 10.0. The van der Waals surface area contributed by atoms with Crippen LogP contribution in [0.25, 0.3) is 0 Å². The van der Waals surface area contributed by atoms with E-state index in [0.717, 1.165) is 11.1 Å². The van der Waals surface area contributed by atoms with Crippen LogP contribution in [0.4, 0.5) is 5.69 Å². The maximum Gasteiger partial charge on any atom is 0.254 e. The second-order valence-corrected chi connectivity index (χ2v) is 5.02. The van der Waals surface area contributed by atoms with Gasteiger partial charge in [0, 0.05) is 24.3 Å². The molecule has 0 saturated carbocycles. The number of phenols is 1. The fraction of sp³-hybridized carbons (Fsp3) is 0.235. The molecule has 0 aliphatic carbocycles. The van der Waals surface area contributed by atoms with Crippen LogP contribution in [0, 0.1) is 6.92 Å². The molecule has 0 aliphatic heterocycles. The molecule has 1 amide bonds. The third kappa shape index (κ3) is 3.34. The van der Waals surface area contributed by atoms with Gasteiger partial charge in [-0.15, -0.1) is 0 Å². The van der Waals surface area contributed by atoms with E-state index >= 15 is 0 Å². The normalized spacial score (nSPS) is 10.4. The molecule has 0 bridgehead atoms. The summed E-state index contributed by atoms with van der Waals surface area (Å²) < 4.78 is 0. The van der Waals surface area contributed by atoms with Gasteiger partial charge in [-0.25, -0.2) is 0 Å². The fourth-order valence-corrected chi connectivity index (χ4v) is 2.27. The molecule has 0 heterocycles. The maximum absolute atomic E-state index is 12.6. The lowest BCUT2D eigenvalue weighted by atomic mass is 10.1. The molecular formula is C17H20N2O2. The second kappa shape index (κ2) is 6.31. The van der Waals surface area contributed by atoms with Crippen molar-refractivity contribution >= 4 is 11.6 Å². The molecule has 110 valence electrons. The number of nitrogen functional groups attached to an aromatic ring is 1. The van der Waals surface area contributed by atoms with E-state index in [0.29, 0.717) is 24.3 Å². The Balaban J connectivity index is 2.25. The Morgan fingerprint density at radius 3 is 2.57 bits per heavy atom. The van der Waals surface area contributed by atoms with Crippen molar-refractivity contribution in [1.29, 1.82) is 0 Å². The summed E-state index contributed by atoms with van der Waals surface area (Å²) in [5.74, 6) is 0.109. The number of nitrogens with zero attached hydrogens (tertiary/aromatic N) is 1. The Labute approximate surface area is 124 Å². The number of amides is 1. The van der Waals surface area contributed by atoms with Crippen LogP contribution in [0.15, 0.2) is 42.5 Å². The quantitative estimate of drug-likeness (QED) is 0.848. The smallest absolute Gasteiger partial charge is 0.254 e. The number of hydrogen-bond acceptors (Lipinski definition) is 3. The van der Waals surface area contributed by atoms with E-state index in [1.165, 1.54) is 6.07 Å². The molecule has 3 N–H and O–H groups in total. The summed E-state index contributed by atoms with van der Waals surface area (Å²) in [5, 5.41) is 9.45. The van der Waals surface area contributed by atoms with Gasteiger partial charge in [-0.05, 0) is 49.2 Å². The summed E-state index contributed by atoms with van der Waals surface area (Å²) in [7, 11) is 0. The average molecular weight is 284 g/mol. The molecule has 0 fully saturated rings. The van der Waals surface area contributed by atoms with Crippen LogP contribution < -0.4 is 5.73 Å². The number of para-hydroxylation sites is 1. The van der Waals surface area contributed by atoms with E-state index in [-0.39, 0.29) is 11.7 Å². The molecule has 2 aromatic rings. The van der Waals surface area contributed by atoms with Gasteiger partial charge in [-0.2, -0.15) is 0 Å². The highest BCUT2D eigenvalue weighted by atomic mass is 16.3. The standard InChI is InChI=1S/C17H20N2O2/c1-3-19(11-13-6-4-5-7-16(13)18)17(21)15-9-8-14(20)10-12(15)2/h4-10,20H,3,11,18H2,1-2H3. The van der Waals surface area contributed by atoms with Gasteiger partial charge in [0.15, 0.2) is 0 Å². The SMILES string of the molecule is CCN(Cc1ccccc1N)C(=O)c1ccc(O)cc1C. The lowest BCUT2D eigenvalue weighted by molar-refractivity contribution is 0.0752. The van der Waals surface area contributed by atoms with E-state index in [1.54, 1.807) is 17.0 Å². The van der Waals surface area contributed by atoms with Crippen molar-refractivity contribution in [1.82, 2.24) is 4.90 Å². The molecule has 4 heteroatoms. The maximum atomic E-state index is 12.6. The summed E-state index contributed by atoms with van der Waals surface area (Å²) in [5.41, 5.74) is 8.93. The summed E-state index contributed by atoms with van der Waals surface area (Å²) >= 11 is 0. The second-order valence-electron chi connectivity index (χ2n) is 5.02. The van der Waals surface area contributed by atoms with E-state index in [4.69, 9.17) is 5.73 Å². The Morgan fingerprint density at radius 2 is 1.95 bits per heavy atom. The van der Waals surface area contributed by atoms with Crippen molar-refractivity contribution in [3.63, 3.8) is 0 Å². The molecule has 0 aliphatic rings. The van der Waals surface area contributed by atoms with E-state index in [9.17, 15) is 9.90 Å². The zero-order valence-corrected chi connectivity index (χ0v) is 12.3. The number of anilines is 1. The zero-order chi connectivity index (χ0) is 15.4. The minimum absolute atomic E-state index is 0.0572. The van der Waals surface area contributed by atoms with Gasteiger partial charge in [0.2, 0.25) is 0 Å². The summed E-state index contributed by atoms with van der Waals surface area (Å²) in [4.78, 5) is 14.4. The number of aromatic hydroxyl groups is 1. The molecule has 0 atom stereocenters. The van der Waals surface area contributed by atoms with Gasteiger partial charge in [-0.3, -0.25) is 4.79 Å². The highest BCUT2D eigenvalue weighted by Crippen LogP contribution is 2.20. The third-order valence-corrected chi connectivity index (χ3v) is 3.53. The zero-order valence-electron chi connectivity index (χ0n) is 12.3. The third-order valence-electron chi connectivity index (χ3n) is 3.53. The fourth-order valence-electron chi connectivity index (χ4n) is 2.27. The molecule has 0 spiro atoms. The number of phenolic OH excluding ortho intramolecular Hbond substituents is 1. The predicted octanol–water partition coefficient (Wildman–Crippen LogP) is 2.95. The Bertz CT molecular complexity index is 653. The lowest BCUT2D eigenvalue weighted by Crippen LogP contribution is -2.31. The minimum atomic E-state index is -0.0572. The number of hydrogen-bond donors (Lipinski definition) is 2. The van der Waals surface area contributed by atoms with Gasteiger partial charge in [0.1, 0.15) is 5.75 Å². The molecule has 0 unspecified atom stereocenters. The van der Waals surface area contributed by atoms with E-state index in [2.05, 4.69) is 0 Å². The Kier molecular flexibility index (Phi) is 4.48. The molecule has 0 aromatic heterocycles. The number of carbonyl (C=O) groups excluding carboxylic acids is 1. The summed E-state index contributed by atoms with van der Waals surface area (Å²) in [6.45, 7) is 4.82. The van der Waals surface area contributed by atoms with Crippen LogP contribution in [-0.2, 0) is 6.54 Å². The topological polar surface area (TPSA) is 66.6 Å². The largest absolute Gasteiger partial charge is 0.508 e. The predicted molar refractivity (Wildman–Crippen MR) is 84.1 cm³/mol. The first kappa shape index (κ1) is 14.9. The summed E-state index contributed by atoms with van der Waals surface area (Å²) in [6, 6.07) is 12.3. The van der Waals surface area contributed by atoms with Crippen molar-refractivity contribution in [2.75, 3.05) is 12.3 Å². The Morgan fingerprint density at radius 1 is 1.24 bits per heavy atom. The molecule has 0 radical (unpaired) electrons. The van der Waals surface area contributed by atoms with Gasteiger partial charge in [0.05, 0.1) is 0 Å². The molecule has 2 rings (SSSR count). The average Bonchev–Trinajstić information content (AvgIpc) is 2.46. The molecule has 0 saturated heterocycles. The summed E-state index contributed by atoms with van der Waals surface area (Å²) in [6.07, 6.45) is 0. The van der Waals surface area contributed by atoms with Crippen molar-refractivity contribution in [3.8, 4) is 5.75 Å². The van der Waals surface area contributed by atoms with Crippen molar-refractivity contribution < 1.29 is 9.90 Å². The number of nitrogens with two attached hydrogens (primary N) is 1.